The van der Waals surface area contributed by atoms with Crippen molar-refractivity contribution in [3.8, 4) is 6.07 Å². The Kier molecular flexibility index (Phi) is 3.17. The predicted octanol–water partition coefficient (Wildman–Crippen LogP) is 3.64. The van der Waals surface area contributed by atoms with E-state index in [1.807, 2.05) is 36.4 Å². The number of amides is 1. The molecule has 0 saturated heterocycles. The van der Waals surface area contributed by atoms with E-state index in [9.17, 15) is 10.1 Å². The first kappa shape index (κ1) is 12.9. The van der Waals surface area contributed by atoms with Crippen molar-refractivity contribution in [2.75, 3.05) is 11.9 Å². The number of anilines is 1. The van der Waals surface area contributed by atoms with Crippen LogP contribution in [0.2, 0.25) is 0 Å². The highest BCUT2D eigenvalue weighted by Gasteiger charge is 2.28. The van der Waals surface area contributed by atoms with Crippen molar-refractivity contribution < 1.29 is 9.53 Å². The van der Waals surface area contributed by atoms with Gasteiger partial charge in [-0.25, -0.2) is 4.79 Å². The number of cyclic esters (lactones) is 1. The maximum absolute atomic E-state index is 12.0. The number of benzene rings is 2. The number of ether oxygens (including phenoxy) is 1. The normalized spacial score (nSPS) is 15.3. The van der Waals surface area contributed by atoms with Crippen molar-refractivity contribution in [1.29, 1.82) is 5.26 Å². The summed E-state index contributed by atoms with van der Waals surface area (Å²) >= 11 is 0. The Morgan fingerprint density at radius 1 is 1.14 bits per heavy atom. The van der Waals surface area contributed by atoms with E-state index in [-0.39, 0.29) is 0 Å². The number of fused-ring (bicyclic) bond motifs is 1. The Hall–Kier alpha value is -3.06. The second kappa shape index (κ2) is 5.14. The van der Waals surface area contributed by atoms with Gasteiger partial charge in [0.1, 0.15) is 11.8 Å². The first-order chi connectivity index (χ1) is 10.2. The number of carbonyl (C=O) groups excluding carboxylic acids is 1. The van der Waals surface area contributed by atoms with Crippen LogP contribution in [0.15, 0.2) is 48.5 Å². The topological polar surface area (TPSA) is 53.3 Å². The van der Waals surface area contributed by atoms with E-state index in [2.05, 4.69) is 6.07 Å². The van der Waals surface area contributed by atoms with Crippen LogP contribution in [0.5, 0.6) is 0 Å². The molecule has 0 aliphatic carbocycles. The number of nitrogens with zero attached hydrogens (tertiary/aromatic N) is 2. The Morgan fingerprint density at radius 2 is 1.90 bits per heavy atom. The predicted molar refractivity (Wildman–Crippen MR) is 80.4 cm³/mol. The average molecular weight is 276 g/mol. The monoisotopic (exact) mass is 276 g/mol. The van der Waals surface area contributed by atoms with Gasteiger partial charge in [-0.2, -0.15) is 5.26 Å². The summed E-state index contributed by atoms with van der Waals surface area (Å²) in [7, 11) is 1.60. The molecule has 0 aromatic heterocycles. The molecule has 3 rings (SSSR count). The molecule has 1 heterocycles. The lowest BCUT2D eigenvalue weighted by atomic mass is 10.0. The number of carbonyl (C=O) groups is 1. The summed E-state index contributed by atoms with van der Waals surface area (Å²) in [5, 5.41) is 9.23. The first-order valence-electron chi connectivity index (χ1n) is 6.46. The largest absolute Gasteiger partial charge is 0.419 e. The second-order valence-corrected chi connectivity index (χ2v) is 4.66. The number of para-hydroxylation sites is 1. The molecule has 1 aliphatic rings. The summed E-state index contributed by atoms with van der Waals surface area (Å²) in [6.07, 6.45) is 1.30. The fraction of sp³-hybridized carbons (Fsp3) is 0.0588. The fourth-order valence-corrected chi connectivity index (χ4v) is 2.31. The zero-order valence-electron chi connectivity index (χ0n) is 11.4. The van der Waals surface area contributed by atoms with Crippen molar-refractivity contribution in [1.82, 2.24) is 0 Å². The summed E-state index contributed by atoms with van der Waals surface area (Å²) in [5.74, 6) is 0.455. The zero-order valence-corrected chi connectivity index (χ0v) is 11.4. The molecule has 0 fully saturated rings. The van der Waals surface area contributed by atoms with E-state index in [0.29, 0.717) is 17.0 Å². The summed E-state index contributed by atoms with van der Waals surface area (Å²) in [4.78, 5) is 13.3. The molecule has 1 aliphatic heterocycles. The minimum absolute atomic E-state index is 0.450. The molecule has 21 heavy (non-hydrogen) atoms. The Balaban J connectivity index is 2.19. The van der Waals surface area contributed by atoms with Gasteiger partial charge >= 0.3 is 6.09 Å². The maximum atomic E-state index is 12.0. The molecule has 0 unspecified atom stereocenters. The lowest BCUT2D eigenvalue weighted by Gasteiger charge is -2.27. The molecule has 0 saturated carbocycles. The lowest BCUT2D eigenvalue weighted by Crippen LogP contribution is -2.32. The van der Waals surface area contributed by atoms with Crippen LogP contribution in [0.3, 0.4) is 0 Å². The van der Waals surface area contributed by atoms with Crippen molar-refractivity contribution in [3.63, 3.8) is 0 Å². The molecule has 4 heteroatoms. The van der Waals surface area contributed by atoms with Crippen LogP contribution in [0.1, 0.15) is 16.7 Å². The van der Waals surface area contributed by atoms with Gasteiger partial charge in [-0.15, -0.1) is 0 Å². The van der Waals surface area contributed by atoms with Crippen LogP contribution in [-0.2, 0) is 4.74 Å². The molecule has 0 radical (unpaired) electrons. The van der Waals surface area contributed by atoms with Crippen LogP contribution in [-0.4, -0.2) is 13.1 Å². The van der Waals surface area contributed by atoms with E-state index < -0.39 is 6.09 Å². The van der Waals surface area contributed by atoms with Crippen LogP contribution < -0.4 is 4.90 Å². The molecule has 0 bridgehead atoms. The SMILES string of the molecule is CN1C(=O)O/C(=C\c2ccccc2)c2cccc(C#N)c21. The van der Waals surface area contributed by atoms with Crippen LogP contribution in [0, 0.1) is 11.3 Å². The molecule has 4 nitrogen and oxygen atoms in total. The molecular weight excluding hydrogens is 264 g/mol. The number of hydrogen-bond donors (Lipinski definition) is 0. The Labute approximate surface area is 122 Å². The number of hydrogen-bond acceptors (Lipinski definition) is 3. The molecule has 0 spiro atoms. The molecule has 2 aromatic carbocycles. The second-order valence-electron chi connectivity index (χ2n) is 4.66. The first-order valence-corrected chi connectivity index (χ1v) is 6.46. The zero-order chi connectivity index (χ0) is 14.8. The molecular formula is C17H12N2O2. The van der Waals surface area contributed by atoms with E-state index in [1.54, 1.807) is 25.3 Å². The smallest absolute Gasteiger partial charge is 0.409 e. The Bertz CT molecular complexity index is 773. The molecule has 2 aromatic rings. The van der Waals surface area contributed by atoms with Crippen LogP contribution in [0.4, 0.5) is 10.5 Å². The average Bonchev–Trinajstić information content (AvgIpc) is 2.52. The fourth-order valence-electron chi connectivity index (χ4n) is 2.31. The van der Waals surface area contributed by atoms with Crippen molar-refractivity contribution in [2.24, 2.45) is 0 Å². The number of rotatable bonds is 1. The highest BCUT2D eigenvalue weighted by atomic mass is 16.6. The minimum Gasteiger partial charge on any atom is -0.409 e. The summed E-state index contributed by atoms with van der Waals surface area (Å²) in [6, 6.07) is 17.0. The van der Waals surface area contributed by atoms with Gasteiger partial charge < -0.3 is 4.74 Å². The van der Waals surface area contributed by atoms with E-state index in [4.69, 9.17) is 4.74 Å². The third-order valence-corrected chi connectivity index (χ3v) is 3.33. The number of nitriles is 1. The van der Waals surface area contributed by atoms with Gasteiger partial charge in [-0.05, 0) is 23.8 Å². The minimum atomic E-state index is -0.493. The van der Waals surface area contributed by atoms with E-state index >= 15 is 0 Å². The Morgan fingerprint density at radius 3 is 2.62 bits per heavy atom. The van der Waals surface area contributed by atoms with Gasteiger partial charge in [0.2, 0.25) is 0 Å². The van der Waals surface area contributed by atoms with Crippen LogP contribution in [0.25, 0.3) is 11.8 Å². The van der Waals surface area contributed by atoms with Gasteiger partial charge in [-0.3, -0.25) is 4.90 Å². The third kappa shape index (κ3) is 2.26. The van der Waals surface area contributed by atoms with Crippen molar-refractivity contribution in [3.05, 3.63) is 65.2 Å². The summed E-state index contributed by atoms with van der Waals surface area (Å²) in [5.41, 5.74) is 2.70. The standard InChI is InChI=1S/C17H12N2O2/c1-19-16-13(11-18)8-5-9-14(16)15(21-17(19)20)10-12-6-3-2-4-7-12/h2-10H,1H3/b15-10-. The van der Waals surface area contributed by atoms with Crippen molar-refractivity contribution >= 4 is 23.6 Å². The molecule has 102 valence electrons. The quantitative estimate of drug-likeness (QED) is 0.799. The van der Waals surface area contributed by atoms with E-state index in [1.165, 1.54) is 4.90 Å². The third-order valence-electron chi connectivity index (χ3n) is 3.33. The molecule has 0 N–H and O–H groups in total. The lowest BCUT2D eigenvalue weighted by molar-refractivity contribution is 0.199. The summed E-state index contributed by atoms with van der Waals surface area (Å²) < 4.78 is 5.37. The van der Waals surface area contributed by atoms with Gasteiger partial charge in [-0.1, -0.05) is 36.4 Å². The summed E-state index contributed by atoms with van der Waals surface area (Å²) in [6.45, 7) is 0. The molecule has 1 amide bonds. The highest BCUT2D eigenvalue weighted by molar-refractivity contribution is 6.02. The highest BCUT2D eigenvalue weighted by Crippen LogP contribution is 2.36. The van der Waals surface area contributed by atoms with Gasteiger partial charge in [0.15, 0.2) is 0 Å². The van der Waals surface area contributed by atoms with Gasteiger partial charge in [0, 0.05) is 12.6 Å². The van der Waals surface area contributed by atoms with Crippen molar-refractivity contribution in [2.45, 2.75) is 0 Å². The van der Waals surface area contributed by atoms with Crippen LogP contribution >= 0.6 is 0 Å². The molecule has 0 atom stereocenters. The maximum Gasteiger partial charge on any atom is 0.419 e. The van der Waals surface area contributed by atoms with Gasteiger partial charge in [0.25, 0.3) is 0 Å². The van der Waals surface area contributed by atoms with Gasteiger partial charge in [0.05, 0.1) is 11.3 Å². The van der Waals surface area contributed by atoms with E-state index in [0.717, 1.165) is 11.1 Å².